The summed E-state index contributed by atoms with van der Waals surface area (Å²) >= 11 is 0.933. The third kappa shape index (κ3) is 4.75. The Morgan fingerprint density at radius 2 is 1.92 bits per heavy atom. The molecular weight excluding hydrogens is 486 g/mol. The van der Waals surface area contributed by atoms with Gasteiger partial charge in [0.05, 0.1) is 31.1 Å². The smallest absolute Gasteiger partial charge is 0.305 e. The van der Waals surface area contributed by atoms with E-state index in [4.69, 9.17) is 4.74 Å². The number of carboxylic acids is 1. The van der Waals surface area contributed by atoms with E-state index in [0.717, 1.165) is 16.8 Å². The fourth-order valence-corrected chi connectivity index (χ4v) is 4.67. The van der Waals surface area contributed by atoms with E-state index < -0.39 is 29.1 Å². The van der Waals surface area contributed by atoms with Crippen molar-refractivity contribution in [1.82, 2.24) is 14.4 Å². The second kappa shape index (κ2) is 10.1. The molecule has 2 aromatic carbocycles. The average Bonchev–Trinajstić information content (AvgIpc) is 3.26. The van der Waals surface area contributed by atoms with Crippen LogP contribution in [0.4, 0.5) is 5.69 Å². The molecule has 1 amide bonds. The third-order valence-corrected chi connectivity index (χ3v) is 6.66. The van der Waals surface area contributed by atoms with Crippen molar-refractivity contribution < 1.29 is 24.5 Å². The number of aliphatic carboxylic acids is 1. The summed E-state index contributed by atoms with van der Waals surface area (Å²) in [6, 6.07) is 13.6. The van der Waals surface area contributed by atoms with Gasteiger partial charge < -0.3 is 14.9 Å². The number of phenolic OH excluding ortho intramolecular Hbond substituents is 1. The summed E-state index contributed by atoms with van der Waals surface area (Å²) in [5.41, 5.74) is 1.44. The van der Waals surface area contributed by atoms with Crippen LogP contribution in [0.3, 0.4) is 0 Å². The van der Waals surface area contributed by atoms with Crippen LogP contribution in [0.5, 0.6) is 11.5 Å². The average molecular weight is 510 g/mol. The van der Waals surface area contributed by atoms with E-state index in [9.17, 15) is 24.6 Å². The van der Waals surface area contributed by atoms with Gasteiger partial charge in [0, 0.05) is 7.05 Å². The van der Waals surface area contributed by atoms with Crippen LogP contribution < -0.4 is 10.3 Å². The Morgan fingerprint density at radius 1 is 1.19 bits per heavy atom. The van der Waals surface area contributed by atoms with E-state index in [-0.39, 0.29) is 22.4 Å². The Labute approximate surface area is 209 Å². The monoisotopic (exact) mass is 509 g/mol. The van der Waals surface area contributed by atoms with Crippen molar-refractivity contribution in [2.24, 2.45) is 17.1 Å². The van der Waals surface area contributed by atoms with E-state index in [1.54, 1.807) is 36.9 Å². The number of thioether (sulfide) groups is 1. The summed E-state index contributed by atoms with van der Waals surface area (Å²) in [4.78, 5) is 42.1. The van der Waals surface area contributed by atoms with E-state index in [2.05, 4.69) is 10.1 Å². The molecule has 2 heterocycles. The molecule has 1 fully saturated rings. The van der Waals surface area contributed by atoms with Crippen LogP contribution in [-0.4, -0.2) is 60.2 Å². The third-order valence-electron chi connectivity index (χ3n) is 5.53. The number of aromatic hydroxyl groups is 1. The highest BCUT2D eigenvalue weighted by atomic mass is 32.2. The van der Waals surface area contributed by atoms with Gasteiger partial charge in [-0.1, -0.05) is 30.0 Å². The number of carbonyl (C=O) groups is 2. The van der Waals surface area contributed by atoms with E-state index in [1.165, 1.54) is 30.1 Å². The molecule has 3 aromatic rings. The number of methoxy groups -OCH3 is 1. The number of para-hydroxylation sites is 1. The Morgan fingerprint density at radius 3 is 2.58 bits per heavy atom. The van der Waals surface area contributed by atoms with Crippen molar-refractivity contribution in [1.29, 1.82) is 0 Å². The van der Waals surface area contributed by atoms with Gasteiger partial charge in [-0.05, 0) is 42.8 Å². The summed E-state index contributed by atoms with van der Waals surface area (Å²) in [5.74, 6) is -1.54. The van der Waals surface area contributed by atoms with Crippen LogP contribution in [0, 0.1) is 6.92 Å². The van der Waals surface area contributed by atoms with Crippen LogP contribution in [-0.2, 0) is 16.6 Å². The van der Waals surface area contributed by atoms with Crippen LogP contribution >= 0.6 is 11.8 Å². The van der Waals surface area contributed by atoms with Crippen molar-refractivity contribution in [2.45, 2.75) is 18.6 Å². The number of hydrogen-bond donors (Lipinski definition) is 2. The van der Waals surface area contributed by atoms with Gasteiger partial charge in [0.15, 0.2) is 22.4 Å². The molecule has 0 bridgehead atoms. The van der Waals surface area contributed by atoms with Gasteiger partial charge in [-0.3, -0.25) is 19.1 Å². The Balaban J connectivity index is 1.76. The lowest BCUT2D eigenvalue weighted by atomic mass is 10.2. The number of hydrazone groups is 1. The molecule has 0 radical (unpaired) electrons. The molecule has 0 saturated carbocycles. The number of aliphatic imine (C=N–C) groups is 1. The molecule has 0 spiro atoms. The minimum absolute atomic E-state index is 0.0551. The van der Waals surface area contributed by atoms with Gasteiger partial charge in [0.1, 0.15) is 5.25 Å². The number of carbonyl (C=O) groups excluding carboxylic acids is 1. The molecule has 186 valence electrons. The number of aromatic nitrogens is 2. The Bertz CT molecular complexity index is 1440. The molecule has 1 aliphatic rings. The first-order chi connectivity index (χ1) is 17.2. The lowest BCUT2D eigenvalue weighted by molar-refractivity contribution is -0.139. The molecule has 1 atom stereocenters. The highest BCUT2D eigenvalue weighted by Crippen LogP contribution is 2.32. The van der Waals surface area contributed by atoms with Gasteiger partial charge in [0.25, 0.3) is 11.5 Å². The van der Waals surface area contributed by atoms with Crippen LogP contribution in [0.25, 0.3) is 5.69 Å². The standard InChI is InChI=1S/C24H23N5O6S/c1-14-21(23(34)29(27(14)2)16-7-5-4-6-8-16)26-24-28(22(33)19(36-24)12-20(31)32)25-13-15-9-10-17(30)18(11-15)35-3/h4-11,13,19,30H,12H2,1-3H3,(H,31,32). The van der Waals surface area contributed by atoms with Crippen molar-refractivity contribution >= 4 is 40.7 Å². The second-order valence-corrected chi connectivity index (χ2v) is 9.00. The van der Waals surface area contributed by atoms with Gasteiger partial charge in [0.2, 0.25) is 0 Å². The highest BCUT2D eigenvalue weighted by Gasteiger charge is 2.40. The minimum Gasteiger partial charge on any atom is -0.504 e. The zero-order chi connectivity index (χ0) is 26.0. The van der Waals surface area contributed by atoms with Gasteiger partial charge in [-0.2, -0.15) is 10.1 Å². The van der Waals surface area contributed by atoms with Crippen molar-refractivity contribution in [3.63, 3.8) is 0 Å². The molecule has 36 heavy (non-hydrogen) atoms. The fraction of sp³-hybridized carbons (Fsp3) is 0.208. The summed E-state index contributed by atoms with van der Waals surface area (Å²) in [5, 5.41) is 23.4. The van der Waals surface area contributed by atoms with Crippen molar-refractivity contribution in [3.05, 3.63) is 70.1 Å². The Hall–Kier alpha value is -4.32. The summed E-state index contributed by atoms with van der Waals surface area (Å²) in [6.45, 7) is 1.73. The molecule has 2 N–H and O–H groups in total. The zero-order valence-electron chi connectivity index (χ0n) is 19.7. The maximum Gasteiger partial charge on any atom is 0.305 e. The van der Waals surface area contributed by atoms with Crippen LogP contribution in [0.2, 0.25) is 0 Å². The number of benzene rings is 2. The van der Waals surface area contributed by atoms with E-state index in [1.807, 2.05) is 18.2 Å². The lowest BCUT2D eigenvalue weighted by Crippen LogP contribution is -2.28. The number of rotatable bonds is 7. The number of ether oxygens (including phenoxy) is 1. The SMILES string of the molecule is COc1cc(C=NN2C(=O)C(CC(=O)O)SC2=Nc2c(C)n(C)n(-c3ccccc3)c2=O)ccc1O. The largest absolute Gasteiger partial charge is 0.504 e. The number of nitrogens with zero attached hydrogens (tertiary/aromatic N) is 5. The molecule has 1 unspecified atom stereocenters. The molecule has 1 saturated heterocycles. The van der Waals surface area contributed by atoms with Crippen molar-refractivity contribution in [3.8, 4) is 17.2 Å². The number of amides is 1. The summed E-state index contributed by atoms with van der Waals surface area (Å²) < 4.78 is 8.21. The molecule has 1 aromatic heterocycles. The van der Waals surface area contributed by atoms with Crippen LogP contribution in [0.15, 0.2) is 63.4 Å². The molecule has 0 aliphatic carbocycles. The number of carboxylic acid groups (broad SMARTS) is 1. The van der Waals surface area contributed by atoms with Crippen molar-refractivity contribution in [2.75, 3.05) is 7.11 Å². The molecule has 4 rings (SSSR count). The maximum absolute atomic E-state index is 13.3. The first kappa shape index (κ1) is 24.8. The fourth-order valence-electron chi connectivity index (χ4n) is 3.60. The van der Waals surface area contributed by atoms with Gasteiger partial charge in [-0.25, -0.2) is 9.67 Å². The summed E-state index contributed by atoms with van der Waals surface area (Å²) in [7, 11) is 3.13. The van der Waals surface area contributed by atoms with Crippen LogP contribution in [0.1, 0.15) is 17.7 Å². The maximum atomic E-state index is 13.3. The zero-order valence-corrected chi connectivity index (χ0v) is 20.5. The van der Waals surface area contributed by atoms with E-state index >= 15 is 0 Å². The summed E-state index contributed by atoms with van der Waals surface area (Å²) in [6.07, 6.45) is 0.933. The Kier molecular flexibility index (Phi) is 6.97. The van der Waals surface area contributed by atoms with Gasteiger partial charge in [-0.15, -0.1) is 0 Å². The van der Waals surface area contributed by atoms with E-state index in [0.29, 0.717) is 16.9 Å². The molecular formula is C24H23N5O6S. The molecule has 11 nitrogen and oxygen atoms in total. The lowest BCUT2D eigenvalue weighted by Gasteiger charge is -2.09. The highest BCUT2D eigenvalue weighted by molar-refractivity contribution is 8.15. The normalized spacial score (nSPS) is 16.9. The first-order valence-corrected chi connectivity index (χ1v) is 11.6. The predicted molar refractivity (Wildman–Crippen MR) is 136 cm³/mol. The predicted octanol–water partition coefficient (Wildman–Crippen LogP) is 2.64. The second-order valence-electron chi connectivity index (χ2n) is 7.83. The molecule has 1 aliphatic heterocycles. The van der Waals surface area contributed by atoms with Gasteiger partial charge >= 0.3 is 5.97 Å². The number of phenols is 1. The molecule has 12 heteroatoms. The topological polar surface area (TPSA) is 139 Å². The minimum atomic E-state index is -1.14. The quantitative estimate of drug-likeness (QED) is 0.467. The number of hydrogen-bond acceptors (Lipinski definition) is 8. The number of amidine groups is 1. The first-order valence-electron chi connectivity index (χ1n) is 10.8.